The van der Waals surface area contributed by atoms with Crippen LogP contribution in [0.3, 0.4) is 0 Å². The summed E-state index contributed by atoms with van der Waals surface area (Å²) in [4.78, 5) is 116. The van der Waals surface area contributed by atoms with Crippen LogP contribution >= 0.6 is 15.9 Å². The van der Waals surface area contributed by atoms with Gasteiger partial charge in [0.05, 0.1) is 54.5 Å². The van der Waals surface area contributed by atoms with Gasteiger partial charge in [-0.25, -0.2) is 19.6 Å². The lowest BCUT2D eigenvalue weighted by Gasteiger charge is -2.17. The van der Waals surface area contributed by atoms with Crippen LogP contribution in [-0.2, 0) is 38.1 Å². The molecule has 6 aromatic carbocycles. The maximum Gasteiger partial charge on any atom is 0.330 e. The van der Waals surface area contributed by atoms with Crippen molar-refractivity contribution in [3.8, 4) is 0 Å². The van der Waals surface area contributed by atoms with Crippen LogP contribution in [0.5, 0.6) is 0 Å². The van der Waals surface area contributed by atoms with Crippen molar-refractivity contribution in [2.24, 2.45) is 0 Å². The number of aromatic nitrogens is 8. The second-order valence-corrected chi connectivity index (χ2v) is 17.7. The molecule has 0 radical (unpaired) electrons. The molecular formula is C54H43BrN10O8. The monoisotopic (exact) mass is 1040 g/mol. The third kappa shape index (κ3) is 8.58. The van der Waals surface area contributed by atoms with E-state index in [1.807, 2.05) is 80.6 Å². The molecule has 0 aliphatic carbocycles. The summed E-state index contributed by atoms with van der Waals surface area (Å²) in [5.41, 5.74) is 5.11. The second kappa shape index (κ2) is 19.6. The van der Waals surface area contributed by atoms with E-state index in [1.54, 1.807) is 64.0 Å². The van der Waals surface area contributed by atoms with E-state index in [1.165, 1.54) is 26.3 Å². The second-order valence-electron chi connectivity index (χ2n) is 17.2. The van der Waals surface area contributed by atoms with Crippen molar-refractivity contribution < 1.29 is 19.2 Å². The highest BCUT2D eigenvalue weighted by Gasteiger charge is 2.36. The summed E-state index contributed by atoms with van der Waals surface area (Å²) in [6, 6.07) is 37.4. The molecule has 2 aliphatic rings. The fourth-order valence-electron chi connectivity index (χ4n) is 9.41. The number of imidazole rings is 2. The van der Waals surface area contributed by atoms with Gasteiger partial charge in [0.15, 0.2) is 22.3 Å². The molecular weight excluding hydrogens is 997 g/mol. The molecule has 0 saturated carbocycles. The fraction of sp³-hybridized carbons (Fsp3) is 0.148. The Kier molecular flexibility index (Phi) is 12.8. The van der Waals surface area contributed by atoms with Gasteiger partial charge in [-0.2, -0.15) is 0 Å². The van der Waals surface area contributed by atoms with Gasteiger partial charge in [0.25, 0.3) is 34.7 Å². The lowest BCUT2D eigenvalue weighted by atomic mass is 9.99. The average Bonchev–Trinajstić information content (AvgIpc) is 4.16. The van der Waals surface area contributed by atoms with Crippen molar-refractivity contribution >= 4 is 83.4 Å². The van der Waals surface area contributed by atoms with E-state index < -0.39 is 22.5 Å². The molecule has 4 amide bonds. The number of fused-ring (bicyclic) bond motifs is 6. The summed E-state index contributed by atoms with van der Waals surface area (Å²) < 4.78 is 4.83. The molecule has 6 heterocycles. The topological polar surface area (TPSA) is 231 Å². The molecule has 0 saturated heterocycles. The summed E-state index contributed by atoms with van der Waals surface area (Å²) >= 11 is 3.51. The minimum Gasteiger partial charge on any atom is -0.325 e. The Bertz CT molecular complexity index is 4080. The van der Waals surface area contributed by atoms with E-state index in [9.17, 15) is 38.4 Å². The Labute approximate surface area is 421 Å². The van der Waals surface area contributed by atoms with Crippen LogP contribution in [0.25, 0.3) is 43.9 Å². The number of rotatable bonds is 9. The molecule has 0 fully saturated rings. The molecule has 12 rings (SSSR count). The summed E-state index contributed by atoms with van der Waals surface area (Å²) in [6.45, 7) is 5.61. The molecule has 2 aliphatic heterocycles. The van der Waals surface area contributed by atoms with E-state index in [0.717, 1.165) is 43.6 Å². The summed E-state index contributed by atoms with van der Waals surface area (Å²) in [5, 5.41) is 4.74. The molecule has 3 N–H and O–H groups in total. The van der Waals surface area contributed by atoms with Gasteiger partial charge in [-0.1, -0.05) is 113 Å². The molecule has 73 heavy (non-hydrogen) atoms. The van der Waals surface area contributed by atoms with Gasteiger partial charge in [0.1, 0.15) is 0 Å². The molecule has 0 unspecified atom stereocenters. The van der Waals surface area contributed by atoms with Gasteiger partial charge >= 0.3 is 11.4 Å². The van der Waals surface area contributed by atoms with Crippen molar-refractivity contribution in [3.63, 3.8) is 0 Å². The normalized spacial score (nSPS) is 12.9. The number of carbonyl (C=O) groups excluding carboxylic acids is 4. The highest BCUT2D eigenvalue weighted by Crippen LogP contribution is 2.31. The Morgan fingerprint density at radius 2 is 0.849 bits per heavy atom. The number of imide groups is 2. The van der Waals surface area contributed by atoms with Crippen molar-refractivity contribution in [2.45, 2.75) is 51.9 Å². The third-order valence-electron chi connectivity index (χ3n) is 13.0. The number of halogens is 1. The molecule has 4 aromatic heterocycles. The van der Waals surface area contributed by atoms with Crippen LogP contribution in [0.15, 0.2) is 153 Å². The van der Waals surface area contributed by atoms with Gasteiger partial charge in [0.2, 0.25) is 0 Å². The number of alkyl halides is 1. The Hall–Kier alpha value is -9.10. The number of carbonyl (C=O) groups is 4. The van der Waals surface area contributed by atoms with Crippen LogP contribution in [0.4, 0.5) is 0 Å². The molecule has 10 aromatic rings. The lowest BCUT2D eigenvalue weighted by molar-refractivity contribution is 0.0628. The first-order chi connectivity index (χ1) is 35.4. The number of amides is 4. The van der Waals surface area contributed by atoms with Gasteiger partial charge in [-0.15, -0.1) is 0 Å². The zero-order valence-corrected chi connectivity index (χ0v) is 40.8. The number of aromatic amines is 3. The van der Waals surface area contributed by atoms with E-state index in [0.29, 0.717) is 57.7 Å². The number of H-pyrrole nitrogens is 3. The fourth-order valence-corrected chi connectivity index (χ4v) is 9.90. The van der Waals surface area contributed by atoms with E-state index in [2.05, 4.69) is 46.9 Å². The molecule has 0 atom stereocenters. The maximum atomic E-state index is 12.9. The number of hydrogen-bond acceptors (Lipinski definition) is 10. The van der Waals surface area contributed by atoms with E-state index in [4.69, 9.17) is 0 Å². The van der Waals surface area contributed by atoms with Crippen molar-refractivity contribution in [2.75, 3.05) is 0 Å². The highest BCUT2D eigenvalue weighted by molar-refractivity contribution is 9.08. The minimum atomic E-state index is -0.534. The molecule has 18 nitrogen and oxygen atoms in total. The van der Waals surface area contributed by atoms with Crippen LogP contribution in [-0.4, -0.2) is 72.0 Å². The molecule has 0 bridgehead atoms. The number of nitrogens with one attached hydrogen (secondary N) is 3. The van der Waals surface area contributed by atoms with Crippen LogP contribution in [0, 0.1) is 0 Å². The summed E-state index contributed by atoms with van der Waals surface area (Å²) in [6.07, 6.45) is 3.08. The first-order valence-corrected chi connectivity index (χ1v) is 24.3. The highest BCUT2D eigenvalue weighted by atomic mass is 79.9. The predicted octanol–water partition coefficient (Wildman–Crippen LogP) is 6.87. The van der Waals surface area contributed by atoms with Crippen LogP contribution in [0.2, 0.25) is 0 Å². The first kappa shape index (κ1) is 47.6. The van der Waals surface area contributed by atoms with Gasteiger partial charge in [0, 0.05) is 18.4 Å². The molecule has 19 heteroatoms. The zero-order chi connectivity index (χ0) is 51.1. The van der Waals surface area contributed by atoms with Gasteiger partial charge < -0.3 is 9.13 Å². The predicted molar refractivity (Wildman–Crippen MR) is 278 cm³/mol. The zero-order valence-electron chi connectivity index (χ0n) is 39.2. The molecule has 0 spiro atoms. The third-order valence-corrected chi connectivity index (χ3v) is 13.6. The van der Waals surface area contributed by atoms with Gasteiger partial charge in [-0.3, -0.25) is 58.1 Å². The number of aryl methyl sites for hydroxylation is 2. The van der Waals surface area contributed by atoms with Crippen molar-refractivity contribution in [3.05, 3.63) is 220 Å². The smallest absolute Gasteiger partial charge is 0.325 e. The average molecular weight is 1040 g/mol. The molecule has 364 valence electrons. The van der Waals surface area contributed by atoms with Crippen LogP contribution in [0.1, 0.15) is 77.5 Å². The number of benzene rings is 6. The number of nitrogens with zero attached hydrogens (tertiary/aromatic N) is 7. The maximum absolute atomic E-state index is 12.9. The number of hydrogen-bond donors (Lipinski definition) is 3. The van der Waals surface area contributed by atoms with E-state index >= 15 is 0 Å². The van der Waals surface area contributed by atoms with Crippen molar-refractivity contribution in [1.29, 1.82) is 0 Å². The SMILES string of the molecule is CCn1cnc2[nH]c(=O)[nH]c(=O)c21.CCn1cnc2c1c(=O)[nH]c(=O)n2Cc1ccc(CN2C(=O)c3ccccc3C2=O)c2ccccc12.O=C1c2ccccc2C(=O)N1Cc1ccc(CBr)c2ccccc12. The summed E-state index contributed by atoms with van der Waals surface area (Å²) in [5.74, 6) is -1.05. The van der Waals surface area contributed by atoms with Crippen LogP contribution < -0.4 is 22.5 Å². The summed E-state index contributed by atoms with van der Waals surface area (Å²) in [7, 11) is 0. The first-order valence-electron chi connectivity index (χ1n) is 23.2. The quantitative estimate of drug-likeness (QED) is 0.100. The standard InChI is InChI=1S/C27H21N5O4.C20H14BrNO2.C7H8N4O2/c1-2-30-15-28-23-22(30)24(33)29-27(36)31(23)13-16-11-12-17(19-8-4-3-7-18(16)19)14-32-25(34)20-9-5-6-10-21(20)26(32)35;21-11-13-9-10-14(16-6-2-1-5-15(13)16)12-22-19(23)17-7-3-4-8-18(17)20(22)24;1-2-11-3-8-5-4(11)6(12)10-7(13)9-5/h3-12,15H,2,13-14H2,1H3,(H,29,33,36);1-10H,11-12H2;3H,2H2,1H3,(H2,9,10,12,13). The van der Waals surface area contributed by atoms with E-state index in [-0.39, 0.29) is 43.3 Å². The lowest BCUT2D eigenvalue weighted by Crippen LogP contribution is -2.31. The minimum absolute atomic E-state index is 0.136. The largest absolute Gasteiger partial charge is 0.330 e. The van der Waals surface area contributed by atoms with Crippen molar-refractivity contribution in [1.82, 2.24) is 48.4 Å². The Balaban J connectivity index is 0.000000141. The Morgan fingerprint density at radius 3 is 1.32 bits per heavy atom. The Morgan fingerprint density at radius 1 is 0.452 bits per heavy atom. The van der Waals surface area contributed by atoms with Gasteiger partial charge in [-0.05, 0) is 81.9 Å².